The number of carbonyl (C=O) groups excluding carboxylic acids is 3. The molecule has 172 valence electrons. The van der Waals surface area contributed by atoms with Crippen LogP contribution >= 0.6 is 11.6 Å². The van der Waals surface area contributed by atoms with Crippen molar-refractivity contribution in [1.29, 1.82) is 0 Å². The Morgan fingerprint density at radius 2 is 1.55 bits per heavy atom. The molecule has 0 saturated heterocycles. The van der Waals surface area contributed by atoms with Gasteiger partial charge in [0.25, 0.3) is 17.7 Å². The van der Waals surface area contributed by atoms with Gasteiger partial charge in [-0.3, -0.25) is 19.3 Å². The summed E-state index contributed by atoms with van der Waals surface area (Å²) in [4.78, 5) is 39.6. The fourth-order valence-electron chi connectivity index (χ4n) is 4.71. The molecule has 6 nitrogen and oxygen atoms in total. The van der Waals surface area contributed by atoms with Crippen LogP contribution in [0.25, 0.3) is 0 Å². The third-order valence-corrected chi connectivity index (χ3v) is 6.68. The van der Waals surface area contributed by atoms with Gasteiger partial charge < -0.3 is 10.6 Å². The first kappa shape index (κ1) is 23.1. The maximum atomic E-state index is 12.9. The molecule has 0 atom stereocenters. The minimum atomic E-state index is -0.434. The lowest BCUT2D eigenvalue weighted by Crippen LogP contribution is -2.42. The molecule has 0 bridgehead atoms. The number of aryl methyl sites for hydroxylation is 3. The summed E-state index contributed by atoms with van der Waals surface area (Å²) >= 11 is 6.24. The molecule has 3 amide bonds. The molecule has 2 aromatic carbocycles. The fourth-order valence-corrected chi connectivity index (χ4v) is 4.93. The highest BCUT2D eigenvalue weighted by Crippen LogP contribution is 2.32. The number of imide groups is 1. The van der Waals surface area contributed by atoms with Crippen LogP contribution in [0.1, 0.15) is 59.2 Å². The molecule has 1 aliphatic heterocycles. The van der Waals surface area contributed by atoms with Crippen LogP contribution in [-0.4, -0.2) is 28.7 Å². The summed E-state index contributed by atoms with van der Waals surface area (Å²) in [7, 11) is 0. The van der Waals surface area contributed by atoms with Crippen LogP contribution in [0.5, 0.6) is 0 Å². The third kappa shape index (κ3) is 4.67. The predicted molar refractivity (Wildman–Crippen MR) is 130 cm³/mol. The average Bonchev–Trinajstić information content (AvgIpc) is 3.00. The molecule has 2 aromatic rings. The second-order valence-corrected chi connectivity index (χ2v) is 9.27. The molecule has 0 spiro atoms. The van der Waals surface area contributed by atoms with E-state index in [2.05, 4.69) is 10.6 Å². The van der Waals surface area contributed by atoms with Crippen molar-refractivity contribution in [2.75, 3.05) is 10.6 Å². The van der Waals surface area contributed by atoms with E-state index in [1.807, 2.05) is 32.9 Å². The minimum absolute atomic E-state index is 0.0854. The smallest absolute Gasteiger partial charge is 0.279 e. The monoisotopic (exact) mass is 465 g/mol. The number of rotatable bonds is 5. The first-order chi connectivity index (χ1) is 15.8. The average molecular weight is 466 g/mol. The van der Waals surface area contributed by atoms with Crippen molar-refractivity contribution in [3.05, 3.63) is 69.4 Å². The molecular weight excluding hydrogens is 438 g/mol. The maximum absolute atomic E-state index is 12.9. The first-order valence-corrected chi connectivity index (χ1v) is 11.7. The van der Waals surface area contributed by atoms with Gasteiger partial charge in [0, 0.05) is 23.0 Å². The van der Waals surface area contributed by atoms with Crippen LogP contribution in [0.15, 0.2) is 47.1 Å². The van der Waals surface area contributed by atoms with Crippen molar-refractivity contribution in [3.63, 3.8) is 0 Å². The second-order valence-electron chi connectivity index (χ2n) is 8.89. The summed E-state index contributed by atoms with van der Waals surface area (Å²) < 4.78 is 0. The fraction of sp³-hybridized carbons (Fsp3) is 0.346. The Balaban J connectivity index is 1.46. The van der Waals surface area contributed by atoms with Gasteiger partial charge in [0.05, 0.1) is 0 Å². The third-order valence-electron chi connectivity index (χ3n) is 6.33. The van der Waals surface area contributed by atoms with Crippen LogP contribution in [0, 0.1) is 20.8 Å². The topological polar surface area (TPSA) is 78.5 Å². The van der Waals surface area contributed by atoms with E-state index < -0.39 is 5.91 Å². The molecule has 7 heteroatoms. The second kappa shape index (κ2) is 9.40. The number of nitrogens with one attached hydrogen (secondary N) is 2. The van der Waals surface area contributed by atoms with Crippen LogP contribution in [0.4, 0.5) is 11.4 Å². The van der Waals surface area contributed by atoms with E-state index in [4.69, 9.17) is 11.6 Å². The highest BCUT2D eigenvalue weighted by Gasteiger charge is 2.42. The van der Waals surface area contributed by atoms with Crippen molar-refractivity contribution < 1.29 is 14.4 Å². The zero-order valence-corrected chi connectivity index (χ0v) is 19.9. The Bertz CT molecular complexity index is 1120. The van der Waals surface area contributed by atoms with Gasteiger partial charge in [-0.1, -0.05) is 48.6 Å². The Hall–Kier alpha value is -3.12. The lowest BCUT2D eigenvalue weighted by Gasteiger charge is -2.29. The van der Waals surface area contributed by atoms with E-state index in [1.54, 1.807) is 24.3 Å². The Morgan fingerprint density at radius 3 is 2.15 bits per heavy atom. The lowest BCUT2D eigenvalue weighted by molar-refractivity contribution is -0.140. The van der Waals surface area contributed by atoms with Gasteiger partial charge in [-0.05, 0) is 69.0 Å². The summed E-state index contributed by atoms with van der Waals surface area (Å²) in [5.74, 6) is -1.04. The minimum Gasteiger partial charge on any atom is -0.350 e. The molecule has 1 aliphatic carbocycles. The molecule has 1 saturated carbocycles. The lowest BCUT2D eigenvalue weighted by atomic mass is 9.94. The standard InChI is InChI=1S/C26H28ClN3O3/c1-15-13-16(2)22(17(3)14-15)29-24(31)18-9-11-19(12-10-18)28-23-21(27)25(32)30(26(23)33)20-7-5-4-6-8-20/h9-14,20,28H,4-8H2,1-3H3,(H,29,31). The van der Waals surface area contributed by atoms with Gasteiger partial charge in [0.2, 0.25) is 0 Å². The molecule has 0 radical (unpaired) electrons. The summed E-state index contributed by atoms with van der Waals surface area (Å²) in [6.45, 7) is 5.96. The largest absolute Gasteiger partial charge is 0.350 e. The number of benzene rings is 2. The van der Waals surface area contributed by atoms with Gasteiger partial charge in [0.1, 0.15) is 10.7 Å². The number of nitrogens with zero attached hydrogens (tertiary/aromatic N) is 1. The molecule has 0 aromatic heterocycles. The zero-order chi connectivity index (χ0) is 23.7. The van der Waals surface area contributed by atoms with Crippen molar-refractivity contribution in [2.24, 2.45) is 0 Å². The highest BCUT2D eigenvalue weighted by molar-refractivity contribution is 6.48. The van der Waals surface area contributed by atoms with E-state index in [1.165, 1.54) is 4.90 Å². The molecule has 1 fully saturated rings. The van der Waals surface area contributed by atoms with E-state index >= 15 is 0 Å². The van der Waals surface area contributed by atoms with Crippen molar-refractivity contribution in [1.82, 2.24) is 4.90 Å². The van der Waals surface area contributed by atoms with Crippen LogP contribution in [-0.2, 0) is 9.59 Å². The number of amides is 3. The van der Waals surface area contributed by atoms with E-state index in [0.717, 1.165) is 54.5 Å². The molecule has 2 aliphatic rings. The predicted octanol–water partition coefficient (Wildman–Crippen LogP) is 5.43. The molecule has 33 heavy (non-hydrogen) atoms. The van der Waals surface area contributed by atoms with Crippen molar-refractivity contribution >= 4 is 40.7 Å². The number of hydrogen-bond donors (Lipinski definition) is 2. The van der Waals surface area contributed by atoms with Crippen LogP contribution < -0.4 is 10.6 Å². The summed E-state index contributed by atoms with van der Waals surface area (Å²) in [5.41, 5.74) is 5.12. The van der Waals surface area contributed by atoms with Gasteiger partial charge in [-0.2, -0.15) is 0 Å². The SMILES string of the molecule is Cc1cc(C)c(NC(=O)c2ccc(NC3=C(Cl)C(=O)N(C4CCCCC4)C3=O)cc2)c(C)c1. The Labute approximate surface area is 199 Å². The maximum Gasteiger partial charge on any atom is 0.279 e. The summed E-state index contributed by atoms with van der Waals surface area (Å²) in [6.07, 6.45) is 4.78. The quantitative estimate of drug-likeness (QED) is 0.577. The van der Waals surface area contributed by atoms with E-state index in [9.17, 15) is 14.4 Å². The van der Waals surface area contributed by atoms with Crippen LogP contribution in [0.3, 0.4) is 0 Å². The van der Waals surface area contributed by atoms with Gasteiger partial charge in [-0.25, -0.2) is 0 Å². The van der Waals surface area contributed by atoms with Crippen molar-refractivity contribution in [3.8, 4) is 0 Å². The normalized spacial score (nSPS) is 17.0. The number of halogens is 1. The van der Waals surface area contributed by atoms with Crippen LogP contribution in [0.2, 0.25) is 0 Å². The Kier molecular flexibility index (Phi) is 6.56. The van der Waals surface area contributed by atoms with Gasteiger partial charge in [0.15, 0.2) is 0 Å². The Morgan fingerprint density at radius 1 is 0.939 bits per heavy atom. The summed E-state index contributed by atoms with van der Waals surface area (Å²) in [6, 6.07) is 10.7. The number of hydrogen-bond acceptors (Lipinski definition) is 4. The molecule has 0 unspecified atom stereocenters. The molecular formula is C26H28ClN3O3. The number of anilines is 2. The van der Waals surface area contributed by atoms with Gasteiger partial charge >= 0.3 is 0 Å². The zero-order valence-electron chi connectivity index (χ0n) is 19.1. The molecule has 2 N–H and O–H groups in total. The highest BCUT2D eigenvalue weighted by atomic mass is 35.5. The van der Waals surface area contributed by atoms with Crippen molar-refractivity contribution in [2.45, 2.75) is 58.9 Å². The molecule has 1 heterocycles. The number of carbonyl (C=O) groups is 3. The van der Waals surface area contributed by atoms with Gasteiger partial charge in [-0.15, -0.1) is 0 Å². The van der Waals surface area contributed by atoms with E-state index in [0.29, 0.717) is 11.3 Å². The first-order valence-electron chi connectivity index (χ1n) is 11.3. The summed E-state index contributed by atoms with van der Waals surface area (Å²) in [5, 5.41) is 5.88. The van der Waals surface area contributed by atoms with E-state index in [-0.39, 0.29) is 28.6 Å². The molecule has 4 rings (SSSR count).